The second-order valence-corrected chi connectivity index (χ2v) is 10.3. The number of benzene rings is 2. The molecule has 0 aliphatic carbocycles. The molecule has 2 aromatic carbocycles. The molecule has 11 heteroatoms. The molecule has 0 aromatic heterocycles. The van der Waals surface area contributed by atoms with Crippen LogP contribution in [-0.2, 0) is 23.9 Å². The van der Waals surface area contributed by atoms with E-state index in [4.69, 9.17) is 14.2 Å². The first-order chi connectivity index (χ1) is 19.1. The van der Waals surface area contributed by atoms with Crippen LogP contribution in [0.2, 0.25) is 0 Å². The number of amides is 2. The van der Waals surface area contributed by atoms with Crippen molar-refractivity contribution in [2.45, 2.75) is 45.7 Å². The fourth-order valence-electron chi connectivity index (χ4n) is 5.08. The van der Waals surface area contributed by atoms with Crippen LogP contribution in [0.5, 0.6) is 11.5 Å². The van der Waals surface area contributed by atoms with Crippen molar-refractivity contribution in [3.8, 4) is 11.5 Å². The molecule has 4 rings (SSSR count). The van der Waals surface area contributed by atoms with Crippen molar-refractivity contribution in [2.24, 2.45) is 11.8 Å². The number of rotatable bonds is 10. The van der Waals surface area contributed by atoms with Crippen molar-refractivity contribution in [1.82, 2.24) is 9.80 Å². The summed E-state index contributed by atoms with van der Waals surface area (Å²) in [5, 5.41) is 0. The third-order valence-electron chi connectivity index (χ3n) is 7.77. The summed E-state index contributed by atoms with van der Waals surface area (Å²) in [4.78, 5) is 50.9. The van der Waals surface area contributed by atoms with Crippen molar-refractivity contribution < 1.29 is 50.4 Å². The smallest absolute Gasteiger partial charge is 1.00 e. The molecule has 9 nitrogen and oxygen atoms in total. The molecule has 2 aromatic rings. The van der Waals surface area contributed by atoms with Gasteiger partial charge >= 0.3 is 23.1 Å². The summed E-state index contributed by atoms with van der Waals surface area (Å²) < 4.78 is 15.1. The van der Waals surface area contributed by atoms with Crippen molar-refractivity contribution in [2.75, 3.05) is 41.0 Å². The Hall–Kier alpha value is -2.47. The van der Waals surface area contributed by atoms with Gasteiger partial charge in [-0.3, -0.25) is 19.2 Å². The number of ketones is 2. The monoisotopic (exact) mass is 670 g/mol. The number of carbonyl (C=O) groups is 4. The molecule has 43 heavy (non-hydrogen) atoms. The second-order valence-electron chi connectivity index (χ2n) is 10.3. The predicted molar refractivity (Wildman–Crippen MR) is 162 cm³/mol. The van der Waals surface area contributed by atoms with Crippen LogP contribution in [0, 0.1) is 19.3 Å². The number of carbonyl (C=O) groups excluding carboxylic acids is 4. The molecule has 0 saturated carbocycles. The van der Waals surface area contributed by atoms with Gasteiger partial charge in [0.25, 0.3) is 0 Å². The van der Waals surface area contributed by atoms with Crippen LogP contribution in [0.15, 0.2) is 48.5 Å². The number of Topliss-reactive ketones (excluding diaryl/α,β-unsaturated/α-hetero) is 2. The van der Waals surface area contributed by atoms with Gasteiger partial charge < -0.3 is 48.4 Å². The molecule has 0 radical (unpaired) electrons. The first-order valence-corrected chi connectivity index (χ1v) is 13.5. The predicted octanol–water partition coefficient (Wildman–Crippen LogP) is 1.09. The minimum absolute atomic E-state index is 0. The van der Waals surface area contributed by atoms with Gasteiger partial charge in [0.1, 0.15) is 23.9 Å². The van der Waals surface area contributed by atoms with Crippen LogP contribution in [-0.4, -0.2) is 97.3 Å². The van der Waals surface area contributed by atoms with Gasteiger partial charge in [-0.2, -0.15) is 0 Å². The van der Waals surface area contributed by atoms with E-state index in [0.29, 0.717) is 19.5 Å². The third kappa shape index (κ3) is 10.6. The van der Waals surface area contributed by atoms with Crippen molar-refractivity contribution >= 4 is 46.4 Å². The molecule has 2 saturated heterocycles. The Bertz CT molecular complexity index is 1190. The van der Waals surface area contributed by atoms with Crippen LogP contribution in [0.1, 0.15) is 56.8 Å². The normalized spacial score (nSPS) is 18.7. The first-order valence-electron chi connectivity index (χ1n) is 13.5. The maximum atomic E-state index is 12.1. The average molecular weight is 672 g/mol. The summed E-state index contributed by atoms with van der Waals surface area (Å²) >= 11 is 0. The Balaban J connectivity index is 0.000000770. The Morgan fingerprint density at radius 2 is 1.14 bits per heavy atom. The number of hydrogen-bond acceptors (Lipinski definition) is 7. The molecule has 0 N–H and O–H groups in total. The molecular weight excluding hydrogens is 629 g/mol. The molecule has 2 unspecified atom stereocenters. The zero-order valence-electron chi connectivity index (χ0n) is 26.3. The minimum atomic E-state index is -0.252. The minimum Gasteiger partial charge on any atom is -1.00 e. The van der Waals surface area contributed by atoms with Gasteiger partial charge in [-0.25, -0.2) is 0 Å². The third-order valence-corrected chi connectivity index (χ3v) is 7.77. The quantitative estimate of drug-likeness (QED) is 0.275. The number of halogens is 1. The summed E-state index contributed by atoms with van der Waals surface area (Å²) in [7, 11) is 4.74. The van der Waals surface area contributed by atoms with E-state index in [9.17, 15) is 19.2 Å². The van der Waals surface area contributed by atoms with Crippen LogP contribution in [0.3, 0.4) is 0 Å². The Morgan fingerprint density at radius 3 is 1.47 bits per heavy atom. The van der Waals surface area contributed by atoms with Crippen molar-refractivity contribution in [1.29, 1.82) is 0 Å². The van der Waals surface area contributed by atoms with Gasteiger partial charge in [-0.15, -0.1) is 0 Å². The van der Waals surface area contributed by atoms with E-state index in [2.05, 4.69) is 0 Å². The van der Waals surface area contributed by atoms with Gasteiger partial charge in [0, 0.05) is 44.9 Å². The Labute approximate surface area is 282 Å². The number of nitrogens with zero attached hydrogens (tertiary/aromatic N) is 2. The summed E-state index contributed by atoms with van der Waals surface area (Å²) in [6, 6.07) is 15.3. The molecule has 0 spiro atoms. The molecule has 2 amide bonds. The van der Waals surface area contributed by atoms with Gasteiger partial charge in [0.15, 0.2) is 5.78 Å². The fourth-order valence-corrected chi connectivity index (χ4v) is 5.08. The molecule has 0 bridgehead atoms. The van der Waals surface area contributed by atoms with Crippen LogP contribution >= 0.6 is 0 Å². The number of methoxy groups -OCH3 is 3. The molecular formula is C32H43BrMgN2O7. The van der Waals surface area contributed by atoms with Crippen LogP contribution < -0.4 is 26.5 Å². The zero-order chi connectivity index (χ0) is 29.4. The summed E-state index contributed by atoms with van der Waals surface area (Å²) in [6.07, 6.45) is 0.624. The van der Waals surface area contributed by atoms with E-state index < -0.39 is 0 Å². The van der Waals surface area contributed by atoms with E-state index in [1.54, 1.807) is 30.9 Å². The summed E-state index contributed by atoms with van der Waals surface area (Å²) in [6.45, 7) is 6.59. The van der Waals surface area contributed by atoms with Crippen LogP contribution in [0.25, 0.3) is 0 Å². The Morgan fingerprint density at radius 1 is 0.767 bits per heavy atom. The summed E-state index contributed by atoms with van der Waals surface area (Å²) in [5.41, 5.74) is 2.09. The largest absolute Gasteiger partial charge is 2.00 e. The van der Waals surface area contributed by atoms with Gasteiger partial charge in [0.2, 0.25) is 11.8 Å². The van der Waals surface area contributed by atoms with Gasteiger partial charge in [0.05, 0.1) is 26.3 Å². The molecule has 2 fully saturated rings. The molecule has 2 aliphatic rings. The topological polar surface area (TPSA) is 102 Å². The van der Waals surface area contributed by atoms with E-state index >= 15 is 0 Å². The Kier molecular flexibility index (Phi) is 17.9. The van der Waals surface area contributed by atoms with E-state index in [1.807, 2.05) is 62.4 Å². The molecule has 232 valence electrons. The second kappa shape index (κ2) is 19.0. The van der Waals surface area contributed by atoms with E-state index in [-0.39, 0.29) is 108 Å². The SMILES string of the molecule is COCC(=O)C1CC(=O)N([C@@H](C)c2ccc(OC)cc2)C1.COc1ccc([C@H](C)N2CC(C(C)=O)CC2=O)cc1.[Br-].[CH3-].[Mg+2]. The average Bonchev–Trinajstić information content (AvgIpc) is 3.55. The molecule has 2 aliphatic heterocycles. The van der Waals surface area contributed by atoms with E-state index in [0.717, 1.165) is 22.6 Å². The van der Waals surface area contributed by atoms with Gasteiger partial charge in [-0.05, 0) is 56.2 Å². The van der Waals surface area contributed by atoms with Gasteiger partial charge in [-0.1, -0.05) is 24.3 Å². The fraction of sp³-hybridized carbons (Fsp3) is 0.469. The maximum Gasteiger partial charge on any atom is 2.00 e. The standard InChI is InChI=1S/C16H21NO4.C15H19NO3.CH3.BrH.Mg/c1-11(12-4-6-14(21-3)7-5-12)17-9-13(8-16(17)19)15(18)10-20-2;1-10(12-4-6-14(19-3)7-5-12)16-9-13(11(2)17)8-15(16)18;;;/h4-7,11,13H,8-10H2,1-3H3;4-7,10,13H,8-9H2,1-3H3;1H3;1H;/q;;-1;;+2/p-1/t11-,13?;10-,13?;;;/m00.../s1. The first kappa shape index (κ1) is 40.5. The van der Waals surface area contributed by atoms with Crippen molar-refractivity contribution in [3.05, 3.63) is 67.1 Å². The zero-order valence-corrected chi connectivity index (χ0v) is 29.3. The number of hydrogen-bond donors (Lipinski definition) is 0. The van der Waals surface area contributed by atoms with Crippen LogP contribution in [0.4, 0.5) is 0 Å². The molecule has 2 heterocycles. The molecule has 4 atom stereocenters. The number of ether oxygens (including phenoxy) is 3. The van der Waals surface area contributed by atoms with E-state index in [1.165, 1.54) is 7.11 Å². The maximum absolute atomic E-state index is 12.1. The van der Waals surface area contributed by atoms with Crippen molar-refractivity contribution in [3.63, 3.8) is 0 Å². The number of likely N-dealkylation sites (tertiary alicyclic amines) is 2. The summed E-state index contributed by atoms with van der Waals surface area (Å²) in [5.74, 6) is 1.35.